The Morgan fingerprint density at radius 1 is 1.14 bits per heavy atom. The minimum Gasteiger partial charge on any atom is -0.492 e. The number of hydrogen-bond donors (Lipinski definition) is 0. The molecule has 0 aliphatic heterocycles. The molecule has 0 bridgehead atoms. The summed E-state index contributed by atoms with van der Waals surface area (Å²) in [5, 5.41) is 0. The van der Waals surface area contributed by atoms with Crippen LogP contribution in [0.5, 0.6) is 5.75 Å². The van der Waals surface area contributed by atoms with Crippen LogP contribution in [0.1, 0.15) is 57.4 Å². The summed E-state index contributed by atoms with van der Waals surface area (Å²) in [7, 11) is 0. The van der Waals surface area contributed by atoms with Crippen molar-refractivity contribution in [1.82, 2.24) is 0 Å². The van der Waals surface area contributed by atoms with E-state index in [0.717, 1.165) is 6.42 Å². The molecule has 0 unspecified atom stereocenters. The molecule has 116 valence electrons. The molecule has 1 nitrogen and oxygen atoms in total. The van der Waals surface area contributed by atoms with Gasteiger partial charge in [-0.2, -0.15) is 0 Å². The van der Waals surface area contributed by atoms with E-state index in [1.807, 2.05) is 0 Å². The molecule has 1 aromatic rings. The second-order valence-electron chi connectivity index (χ2n) is 5.00. The van der Waals surface area contributed by atoms with Crippen LogP contribution in [0.4, 0.5) is 4.39 Å². The predicted octanol–water partition coefficient (Wildman–Crippen LogP) is 5.55. The second kappa shape index (κ2) is 11.5. The highest BCUT2D eigenvalue weighted by atomic mass is 35.5. The van der Waals surface area contributed by atoms with Crippen LogP contribution in [0.3, 0.4) is 0 Å². The first-order valence-electron chi connectivity index (χ1n) is 7.75. The lowest BCUT2D eigenvalue weighted by Crippen LogP contribution is -1.99. The maximum absolute atomic E-state index is 13.3. The summed E-state index contributed by atoms with van der Waals surface area (Å²) in [6.07, 6.45) is 7.90. The molecule has 0 aliphatic carbocycles. The molecule has 0 heterocycles. The quantitative estimate of drug-likeness (QED) is 0.330. The minimum absolute atomic E-state index is 0.294. The number of halogens is 2. The van der Waals surface area contributed by atoms with Gasteiger partial charge in [0.1, 0.15) is 11.6 Å². The van der Waals surface area contributed by atoms with Gasteiger partial charge in [0.15, 0.2) is 0 Å². The lowest BCUT2D eigenvalue weighted by Gasteiger charge is -2.08. The molecule has 21 heavy (non-hydrogen) atoms. The SMILES string of the molecule is CCCCCCCCOc1ccc(F)cc1C#CCCCl. The average molecular weight is 311 g/mol. The van der Waals surface area contributed by atoms with Gasteiger partial charge in [0.05, 0.1) is 12.2 Å². The maximum Gasteiger partial charge on any atom is 0.135 e. The number of rotatable bonds is 9. The Morgan fingerprint density at radius 2 is 1.90 bits per heavy atom. The molecule has 1 rings (SSSR count). The van der Waals surface area contributed by atoms with Crippen molar-refractivity contribution in [1.29, 1.82) is 0 Å². The Labute approximate surface area is 132 Å². The van der Waals surface area contributed by atoms with E-state index in [4.69, 9.17) is 16.3 Å². The van der Waals surface area contributed by atoms with Gasteiger partial charge in [-0.1, -0.05) is 50.9 Å². The topological polar surface area (TPSA) is 9.23 Å². The molecular weight excluding hydrogens is 287 g/mol. The summed E-state index contributed by atoms with van der Waals surface area (Å²) >= 11 is 5.59. The Hall–Kier alpha value is -1.20. The number of benzene rings is 1. The zero-order chi connectivity index (χ0) is 15.3. The number of hydrogen-bond acceptors (Lipinski definition) is 1. The van der Waals surface area contributed by atoms with Crippen LogP contribution < -0.4 is 4.74 Å². The van der Waals surface area contributed by atoms with E-state index in [2.05, 4.69) is 18.8 Å². The number of ether oxygens (including phenoxy) is 1. The largest absolute Gasteiger partial charge is 0.492 e. The van der Waals surface area contributed by atoms with E-state index < -0.39 is 0 Å². The highest BCUT2D eigenvalue weighted by molar-refractivity contribution is 6.18. The van der Waals surface area contributed by atoms with Crippen molar-refractivity contribution in [3.63, 3.8) is 0 Å². The molecule has 0 N–H and O–H groups in total. The monoisotopic (exact) mass is 310 g/mol. The zero-order valence-electron chi connectivity index (χ0n) is 12.8. The van der Waals surface area contributed by atoms with Gasteiger partial charge in [-0.15, -0.1) is 11.6 Å². The first-order valence-corrected chi connectivity index (χ1v) is 8.28. The van der Waals surface area contributed by atoms with Gasteiger partial charge >= 0.3 is 0 Å². The summed E-state index contributed by atoms with van der Waals surface area (Å²) in [5.41, 5.74) is 0.603. The third kappa shape index (κ3) is 7.97. The van der Waals surface area contributed by atoms with Crippen LogP contribution in [0.2, 0.25) is 0 Å². The fraction of sp³-hybridized carbons (Fsp3) is 0.556. The summed E-state index contributed by atoms with van der Waals surface area (Å²) in [6, 6.07) is 4.47. The molecule has 1 aromatic carbocycles. The van der Waals surface area contributed by atoms with E-state index in [1.165, 1.54) is 44.2 Å². The fourth-order valence-electron chi connectivity index (χ4n) is 2.00. The molecule has 0 fully saturated rings. The summed E-state index contributed by atoms with van der Waals surface area (Å²) < 4.78 is 19.0. The van der Waals surface area contributed by atoms with Crippen molar-refractivity contribution in [2.45, 2.75) is 51.9 Å². The molecule has 0 saturated carbocycles. The smallest absolute Gasteiger partial charge is 0.135 e. The maximum atomic E-state index is 13.3. The summed E-state index contributed by atoms with van der Waals surface area (Å²) in [6.45, 7) is 2.87. The number of unbranched alkanes of at least 4 members (excludes halogenated alkanes) is 5. The molecular formula is C18H24ClFO. The van der Waals surface area contributed by atoms with Gasteiger partial charge in [0.2, 0.25) is 0 Å². The molecule has 0 saturated heterocycles. The van der Waals surface area contributed by atoms with Crippen LogP contribution in [-0.2, 0) is 0 Å². The van der Waals surface area contributed by atoms with Gasteiger partial charge in [0.25, 0.3) is 0 Å². The van der Waals surface area contributed by atoms with E-state index in [9.17, 15) is 4.39 Å². The van der Waals surface area contributed by atoms with Crippen LogP contribution in [0, 0.1) is 17.7 Å². The van der Waals surface area contributed by atoms with Gasteiger partial charge in [-0.3, -0.25) is 0 Å². The van der Waals surface area contributed by atoms with Crippen LogP contribution >= 0.6 is 11.6 Å². The van der Waals surface area contributed by atoms with Crippen LogP contribution in [-0.4, -0.2) is 12.5 Å². The predicted molar refractivity (Wildman–Crippen MR) is 87.5 cm³/mol. The third-order valence-corrected chi connectivity index (χ3v) is 3.33. The standard InChI is InChI=1S/C18H24ClFO/c1-2-3-4-5-6-9-14-21-18-12-11-17(20)15-16(18)10-7-8-13-19/h11-12,15H,2-6,8-9,13-14H2,1H3. The van der Waals surface area contributed by atoms with E-state index in [1.54, 1.807) is 6.07 Å². The Bertz CT molecular complexity index is 462. The molecule has 3 heteroatoms. The third-order valence-electron chi connectivity index (χ3n) is 3.14. The van der Waals surface area contributed by atoms with E-state index >= 15 is 0 Å². The molecule has 0 aliphatic rings. The van der Waals surface area contributed by atoms with E-state index in [-0.39, 0.29) is 5.82 Å². The Balaban J connectivity index is 2.42. The van der Waals surface area contributed by atoms with Gasteiger partial charge in [0, 0.05) is 12.3 Å². The van der Waals surface area contributed by atoms with Gasteiger partial charge in [-0.05, 0) is 24.6 Å². The lowest BCUT2D eigenvalue weighted by atomic mass is 10.1. The summed E-state index contributed by atoms with van der Waals surface area (Å²) in [4.78, 5) is 0. The first-order chi connectivity index (χ1) is 10.3. The first kappa shape index (κ1) is 17.9. The van der Waals surface area contributed by atoms with Gasteiger partial charge in [-0.25, -0.2) is 4.39 Å². The molecule has 0 spiro atoms. The Morgan fingerprint density at radius 3 is 2.67 bits per heavy atom. The summed E-state index contributed by atoms with van der Waals surface area (Å²) in [5.74, 6) is 6.69. The lowest BCUT2D eigenvalue weighted by molar-refractivity contribution is 0.303. The van der Waals surface area contributed by atoms with Gasteiger partial charge < -0.3 is 4.74 Å². The van der Waals surface area contributed by atoms with Crippen LogP contribution in [0.15, 0.2) is 18.2 Å². The fourth-order valence-corrected chi connectivity index (χ4v) is 2.09. The van der Waals surface area contributed by atoms with E-state index in [0.29, 0.717) is 30.2 Å². The van der Waals surface area contributed by atoms with Crippen molar-refractivity contribution in [3.05, 3.63) is 29.6 Å². The second-order valence-corrected chi connectivity index (χ2v) is 5.38. The van der Waals surface area contributed by atoms with Crippen molar-refractivity contribution in [2.75, 3.05) is 12.5 Å². The Kier molecular flexibility index (Phi) is 9.74. The zero-order valence-corrected chi connectivity index (χ0v) is 13.5. The van der Waals surface area contributed by atoms with Crippen molar-refractivity contribution >= 4 is 11.6 Å². The highest BCUT2D eigenvalue weighted by Crippen LogP contribution is 2.19. The average Bonchev–Trinajstić information content (AvgIpc) is 2.48. The van der Waals surface area contributed by atoms with Crippen molar-refractivity contribution in [2.24, 2.45) is 0 Å². The minimum atomic E-state index is -0.294. The van der Waals surface area contributed by atoms with Crippen LogP contribution in [0.25, 0.3) is 0 Å². The highest BCUT2D eigenvalue weighted by Gasteiger charge is 2.03. The molecule has 0 atom stereocenters. The number of alkyl halides is 1. The normalized spacial score (nSPS) is 10.0. The molecule has 0 amide bonds. The molecule has 0 aromatic heterocycles. The van der Waals surface area contributed by atoms with Crippen molar-refractivity contribution in [3.8, 4) is 17.6 Å². The van der Waals surface area contributed by atoms with Crippen molar-refractivity contribution < 1.29 is 9.13 Å². The molecule has 0 radical (unpaired) electrons.